The van der Waals surface area contributed by atoms with Crippen LogP contribution in [0.15, 0.2) is 0 Å². The maximum absolute atomic E-state index is 11.1. The highest BCUT2D eigenvalue weighted by atomic mass is 32.1. The van der Waals surface area contributed by atoms with Gasteiger partial charge in [-0.2, -0.15) is 12.6 Å². The van der Waals surface area contributed by atoms with Gasteiger partial charge in [-0.3, -0.25) is 4.79 Å². The van der Waals surface area contributed by atoms with Crippen molar-refractivity contribution in [2.45, 2.75) is 12.8 Å². The first-order valence-corrected chi connectivity index (χ1v) is 4.90. The van der Waals surface area contributed by atoms with Crippen LogP contribution in [0.4, 0.5) is 0 Å². The molecule has 1 heterocycles. The molecule has 1 amide bonds. The summed E-state index contributed by atoms with van der Waals surface area (Å²) in [5.74, 6) is 0.799. The van der Waals surface area contributed by atoms with Gasteiger partial charge in [0.25, 0.3) is 0 Å². The number of hydrogen-bond donors (Lipinski definition) is 2. The number of carbonyl (C=O) groups excluding carboxylic acids is 1. The van der Waals surface area contributed by atoms with E-state index in [2.05, 4.69) is 12.6 Å². The minimum atomic E-state index is 0.106. The van der Waals surface area contributed by atoms with Crippen molar-refractivity contribution in [2.75, 3.05) is 25.4 Å². The first kappa shape index (κ1) is 9.86. The monoisotopic (exact) mass is 189 g/mol. The minimum Gasteiger partial charge on any atom is -0.396 e. The summed E-state index contributed by atoms with van der Waals surface area (Å²) >= 11 is 3.93. The zero-order chi connectivity index (χ0) is 8.97. The largest absolute Gasteiger partial charge is 0.396 e. The van der Waals surface area contributed by atoms with E-state index in [-0.39, 0.29) is 12.5 Å². The average molecular weight is 189 g/mol. The van der Waals surface area contributed by atoms with Crippen molar-refractivity contribution in [3.05, 3.63) is 0 Å². The molecule has 1 aliphatic rings. The molecule has 1 saturated heterocycles. The Morgan fingerprint density at radius 3 is 2.50 bits per heavy atom. The van der Waals surface area contributed by atoms with E-state index in [1.165, 1.54) is 0 Å². The summed E-state index contributed by atoms with van der Waals surface area (Å²) in [6, 6.07) is 0. The number of thiol groups is 1. The lowest BCUT2D eigenvalue weighted by Gasteiger charge is -2.30. The summed E-state index contributed by atoms with van der Waals surface area (Å²) in [4.78, 5) is 13.0. The van der Waals surface area contributed by atoms with Crippen LogP contribution in [0.25, 0.3) is 0 Å². The van der Waals surface area contributed by atoms with E-state index < -0.39 is 0 Å². The van der Waals surface area contributed by atoms with Crippen LogP contribution in [0.1, 0.15) is 12.8 Å². The number of nitrogens with zero attached hydrogens (tertiary/aromatic N) is 1. The van der Waals surface area contributed by atoms with Crippen LogP contribution in [-0.2, 0) is 4.79 Å². The second-order valence-corrected chi connectivity index (χ2v) is 3.48. The Hall–Kier alpha value is -0.220. The summed E-state index contributed by atoms with van der Waals surface area (Å²) in [5, 5.41) is 8.85. The van der Waals surface area contributed by atoms with Crippen LogP contribution in [0.3, 0.4) is 0 Å². The molecule has 0 aromatic rings. The fourth-order valence-electron chi connectivity index (χ4n) is 1.46. The number of rotatable bonds is 2. The Labute approximate surface area is 78.2 Å². The molecule has 0 bridgehead atoms. The van der Waals surface area contributed by atoms with Crippen molar-refractivity contribution in [2.24, 2.45) is 5.92 Å². The van der Waals surface area contributed by atoms with Gasteiger partial charge in [0.2, 0.25) is 5.91 Å². The van der Waals surface area contributed by atoms with E-state index in [0.29, 0.717) is 11.7 Å². The van der Waals surface area contributed by atoms with Crippen LogP contribution in [0.5, 0.6) is 0 Å². The van der Waals surface area contributed by atoms with E-state index in [1.54, 1.807) is 0 Å². The van der Waals surface area contributed by atoms with Crippen LogP contribution in [0, 0.1) is 5.92 Å². The molecule has 4 heteroatoms. The van der Waals surface area contributed by atoms with Crippen molar-refractivity contribution in [3.63, 3.8) is 0 Å². The molecule has 70 valence electrons. The van der Waals surface area contributed by atoms with Gasteiger partial charge in [0, 0.05) is 19.7 Å². The first-order valence-electron chi connectivity index (χ1n) is 4.27. The molecule has 1 aliphatic heterocycles. The second-order valence-electron chi connectivity index (χ2n) is 3.16. The standard InChI is InChI=1S/C8H15NO2S/c10-5-7-1-3-9(4-2-7)8(11)6-12/h7,10,12H,1-6H2. The molecular formula is C8H15NO2S. The molecular weight excluding hydrogens is 174 g/mol. The summed E-state index contributed by atoms with van der Waals surface area (Å²) in [5.41, 5.74) is 0. The van der Waals surface area contributed by atoms with Gasteiger partial charge in [-0.1, -0.05) is 0 Å². The topological polar surface area (TPSA) is 40.5 Å². The molecule has 1 N–H and O–H groups in total. The Balaban J connectivity index is 2.30. The predicted molar refractivity (Wildman–Crippen MR) is 50.2 cm³/mol. The number of hydrogen-bond acceptors (Lipinski definition) is 3. The SMILES string of the molecule is O=C(CS)N1CCC(CO)CC1. The highest BCUT2D eigenvalue weighted by molar-refractivity contribution is 7.81. The normalized spacial score (nSPS) is 19.7. The van der Waals surface area contributed by atoms with Crippen molar-refractivity contribution in [1.29, 1.82) is 0 Å². The zero-order valence-electron chi connectivity index (χ0n) is 7.07. The van der Waals surface area contributed by atoms with Gasteiger partial charge >= 0.3 is 0 Å². The van der Waals surface area contributed by atoms with Crippen LogP contribution >= 0.6 is 12.6 Å². The Bertz CT molecular complexity index is 155. The predicted octanol–water partition coefficient (Wildman–Crippen LogP) is 0.147. The summed E-state index contributed by atoms with van der Waals surface area (Å²) in [6.45, 7) is 1.82. The minimum absolute atomic E-state index is 0.106. The Kier molecular flexibility index (Phi) is 3.88. The quantitative estimate of drug-likeness (QED) is 0.607. The number of likely N-dealkylation sites (tertiary alicyclic amines) is 1. The van der Waals surface area contributed by atoms with E-state index in [4.69, 9.17) is 5.11 Å². The third-order valence-electron chi connectivity index (χ3n) is 2.36. The lowest BCUT2D eigenvalue weighted by molar-refractivity contribution is -0.129. The number of aliphatic hydroxyl groups is 1. The van der Waals surface area contributed by atoms with Gasteiger partial charge in [-0.15, -0.1) is 0 Å². The van der Waals surface area contributed by atoms with Crippen LogP contribution in [0.2, 0.25) is 0 Å². The van der Waals surface area contributed by atoms with Crippen LogP contribution < -0.4 is 0 Å². The van der Waals surface area contributed by atoms with E-state index in [0.717, 1.165) is 25.9 Å². The lowest BCUT2D eigenvalue weighted by Crippen LogP contribution is -2.39. The van der Waals surface area contributed by atoms with Gasteiger partial charge < -0.3 is 10.0 Å². The summed E-state index contributed by atoms with van der Waals surface area (Å²) in [6.07, 6.45) is 1.85. The first-order chi connectivity index (χ1) is 5.77. The van der Waals surface area contributed by atoms with E-state index >= 15 is 0 Å². The Morgan fingerprint density at radius 2 is 2.08 bits per heavy atom. The second kappa shape index (κ2) is 4.72. The maximum Gasteiger partial charge on any atom is 0.232 e. The number of aliphatic hydroxyl groups excluding tert-OH is 1. The lowest BCUT2D eigenvalue weighted by atomic mass is 9.98. The molecule has 0 saturated carbocycles. The van der Waals surface area contributed by atoms with E-state index in [9.17, 15) is 4.79 Å². The van der Waals surface area contributed by atoms with Crippen LogP contribution in [-0.4, -0.2) is 41.4 Å². The highest BCUT2D eigenvalue weighted by Crippen LogP contribution is 2.16. The average Bonchev–Trinajstić information content (AvgIpc) is 2.17. The van der Waals surface area contributed by atoms with Crippen molar-refractivity contribution < 1.29 is 9.90 Å². The molecule has 0 aromatic heterocycles. The molecule has 0 unspecified atom stereocenters. The van der Waals surface area contributed by atoms with Crippen molar-refractivity contribution in [1.82, 2.24) is 4.90 Å². The molecule has 3 nitrogen and oxygen atoms in total. The molecule has 12 heavy (non-hydrogen) atoms. The van der Waals surface area contributed by atoms with Gasteiger partial charge in [0.1, 0.15) is 0 Å². The molecule has 1 rings (SSSR count). The smallest absolute Gasteiger partial charge is 0.232 e. The number of piperidine rings is 1. The van der Waals surface area contributed by atoms with Gasteiger partial charge in [-0.25, -0.2) is 0 Å². The third kappa shape index (κ3) is 2.38. The number of amides is 1. The zero-order valence-corrected chi connectivity index (χ0v) is 7.96. The van der Waals surface area contributed by atoms with Crippen molar-refractivity contribution >= 4 is 18.5 Å². The third-order valence-corrected chi connectivity index (χ3v) is 2.63. The fraction of sp³-hybridized carbons (Fsp3) is 0.875. The van der Waals surface area contributed by atoms with Gasteiger partial charge in [-0.05, 0) is 18.8 Å². The van der Waals surface area contributed by atoms with E-state index in [1.807, 2.05) is 4.90 Å². The molecule has 0 radical (unpaired) electrons. The summed E-state index contributed by atoms with van der Waals surface area (Å²) in [7, 11) is 0. The molecule has 0 aromatic carbocycles. The Morgan fingerprint density at radius 1 is 1.50 bits per heavy atom. The maximum atomic E-state index is 11.1. The van der Waals surface area contributed by atoms with Crippen molar-refractivity contribution in [3.8, 4) is 0 Å². The molecule has 0 aliphatic carbocycles. The van der Waals surface area contributed by atoms with Gasteiger partial charge in [0.15, 0.2) is 0 Å². The molecule has 0 atom stereocenters. The summed E-state index contributed by atoms with van der Waals surface area (Å²) < 4.78 is 0. The highest BCUT2D eigenvalue weighted by Gasteiger charge is 2.20. The van der Waals surface area contributed by atoms with Gasteiger partial charge in [0.05, 0.1) is 5.75 Å². The molecule has 1 fully saturated rings. The number of carbonyl (C=O) groups is 1. The fourth-order valence-corrected chi connectivity index (χ4v) is 1.66. The molecule has 0 spiro atoms.